The normalized spacial score (nSPS) is 19.0. The Kier molecular flexibility index (Phi) is 8.22. The van der Waals surface area contributed by atoms with Crippen molar-refractivity contribution in [1.29, 1.82) is 0 Å². The average molecular weight is 593 g/mol. The quantitative estimate of drug-likeness (QED) is 0.151. The molecule has 11 heteroatoms. The van der Waals surface area contributed by atoms with E-state index in [1.165, 1.54) is 12.0 Å². The number of thiazole rings is 1. The van der Waals surface area contributed by atoms with Gasteiger partial charge in [-0.2, -0.15) is 0 Å². The van der Waals surface area contributed by atoms with Gasteiger partial charge in [0.15, 0.2) is 16.6 Å². The van der Waals surface area contributed by atoms with Gasteiger partial charge in [-0.15, -0.1) is 0 Å². The van der Waals surface area contributed by atoms with Crippen molar-refractivity contribution in [2.45, 2.75) is 52.7 Å². The van der Waals surface area contributed by atoms with Crippen LogP contribution in [0.15, 0.2) is 42.0 Å². The summed E-state index contributed by atoms with van der Waals surface area (Å²) >= 11 is 0.939. The van der Waals surface area contributed by atoms with Crippen molar-refractivity contribution in [3.05, 3.63) is 69.2 Å². The van der Waals surface area contributed by atoms with Gasteiger partial charge in [0.05, 0.1) is 37.6 Å². The van der Waals surface area contributed by atoms with Gasteiger partial charge in [0.1, 0.15) is 22.5 Å². The largest absolute Gasteiger partial charge is 0.507 e. The minimum Gasteiger partial charge on any atom is -0.507 e. The van der Waals surface area contributed by atoms with Crippen molar-refractivity contribution in [1.82, 2.24) is 4.98 Å². The molecule has 0 unspecified atom stereocenters. The lowest BCUT2D eigenvalue weighted by atomic mass is 9.94. The fraction of sp³-hybridized carbons (Fsp3) is 0.355. The van der Waals surface area contributed by atoms with Gasteiger partial charge in [0.2, 0.25) is 0 Å². The number of rotatable bonds is 9. The maximum Gasteiger partial charge on any atom is 0.350 e. The summed E-state index contributed by atoms with van der Waals surface area (Å²) in [5.74, 6) is -1.01. The highest BCUT2D eigenvalue weighted by molar-refractivity contribution is 7.17. The first-order valence-electron chi connectivity index (χ1n) is 13.7. The van der Waals surface area contributed by atoms with Crippen molar-refractivity contribution in [3.8, 4) is 17.2 Å². The van der Waals surface area contributed by atoms with E-state index in [1.807, 2.05) is 20.8 Å². The number of aliphatic hydroxyl groups excluding tert-OH is 1. The number of fused-ring (bicyclic) bond motifs is 1. The Bertz CT molecular complexity index is 1590. The zero-order valence-electron chi connectivity index (χ0n) is 24.1. The summed E-state index contributed by atoms with van der Waals surface area (Å²) in [7, 11) is 1.26. The summed E-state index contributed by atoms with van der Waals surface area (Å²) in [5.41, 5.74) is 2.02. The van der Waals surface area contributed by atoms with Crippen LogP contribution in [-0.2, 0) is 20.7 Å². The van der Waals surface area contributed by atoms with Crippen molar-refractivity contribution >= 4 is 39.9 Å². The lowest BCUT2D eigenvalue weighted by molar-refractivity contribution is -0.132. The van der Waals surface area contributed by atoms with Crippen LogP contribution in [0.3, 0.4) is 0 Å². The summed E-state index contributed by atoms with van der Waals surface area (Å²) in [6, 6.07) is 9.26. The predicted molar refractivity (Wildman–Crippen MR) is 157 cm³/mol. The SMILES string of the molecule is CCCOc1ccc([C@H]2C(=C(O)c3ccc4c(c3)C[C@@H](C)O4)C(=O)C(=O)N2c2nc(C)c(C(=O)OC)s2)cc1OCC. The third kappa shape index (κ3) is 5.20. The van der Waals surface area contributed by atoms with E-state index in [4.69, 9.17) is 18.9 Å². The van der Waals surface area contributed by atoms with E-state index in [9.17, 15) is 19.5 Å². The molecule has 220 valence electrons. The number of anilines is 1. The van der Waals surface area contributed by atoms with Crippen LogP contribution in [-0.4, -0.2) is 54.2 Å². The number of benzene rings is 2. The van der Waals surface area contributed by atoms with E-state index in [-0.39, 0.29) is 27.4 Å². The summed E-state index contributed by atoms with van der Waals surface area (Å²) in [6.07, 6.45) is 1.44. The van der Waals surface area contributed by atoms with Gasteiger partial charge in [0, 0.05) is 12.0 Å². The first-order valence-corrected chi connectivity index (χ1v) is 14.6. The molecule has 1 amide bonds. The maximum absolute atomic E-state index is 13.7. The predicted octanol–water partition coefficient (Wildman–Crippen LogP) is 5.38. The number of aryl methyl sites for hydroxylation is 1. The minimum absolute atomic E-state index is 0.00875. The number of ether oxygens (including phenoxy) is 4. The topological polar surface area (TPSA) is 124 Å². The molecule has 42 heavy (non-hydrogen) atoms. The van der Waals surface area contributed by atoms with E-state index in [2.05, 4.69) is 4.98 Å². The standard InChI is InChI=1S/C31H32N2O8S/c1-6-12-40-22-11-8-18(15-23(22)39-7-2)25-24(26(34)19-9-10-21-20(14-19)13-16(3)41-21)27(35)29(36)33(25)31-32-17(4)28(42-31)30(37)38-5/h8-11,14-16,25,34H,6-7,12-13H2,1-5H3/t16-,25+/m1/s1. The second-order valence-electron chi connectivity index (χ2n) is 10.0. The number of carbonyl (C=O) groups excluding carboxylic acids is 3. The molecule has 2 atom stereocenters. The molecule has 1 fully saturated rings. The molecule has 1 N–H and O–H groups in total. The van der Waals surface area contributed by atoms with Gasteiger partial charge >= 0.3 is 11.9 Å². The van der Waals surface area contributed by atoms with Crippen molar-refractivity contribution in [3.63, 3.8) is 0 Å². The number of Topliss-reactive ketones (excluding diaryl/α,β-unsaturated/α-hetero) is 1. The Labute approximate surface area is 247 Å². The van der Waals surface area contributed by atoms with Gasteiger partial charge < -0.3 is 24.1 Å². The average Bonchev–Trinajstić information content (AvgIpc) is 3.63. The Morgan fingerprint density at radius 1 is 1.14 bits per heavy atom. The molecule has 0 aliphatic carbocycles. The van der Waals surface area contributed by atoms with Gasteiger partial charge in [-0.05, 0) is 68.7 Å². The smallest absolute Gasteiger partial charge is 0.350 e. The number of hydrogen-bond acceptors (Lipinski definition) is 10. The third-order valence-electron chi connectivity index (χ3n) is 7.02. The van der Waals surface area contributed by atoms with Crippen LogP contribution in [0.1, 0.15) is 65.3 Å². The monoisotopic (exact) mass is 592 g/mol. The molecule has 0 saturated carbocycles. The highest BCUT2D eigenvalue weighted by Gasteiger charge is 2.48. The summed E-state index contributed by atoms with van der Waals surface area (Å²) in [4.78, 5) is 45.6. The zero-order chi connectivity index (χ0) is 30.1. The van der Waals surface area contributed by atoms with Crippen LogP contribution in [0.25, 0.3) is 5.76 Å². The van der Waals surface area contributed by atoms with E-state index in [1.54, 1.807) is 43.3 Å². The molecule has 0 bridgehead atoms. The lowest BCUT2D eigenvalue weighted by Gasteiger charge is -2.24. The molecule has 5 rings (SSSR count). The fourth-order valence-electron chi connectivity index (χ4n) is 5.13. The van der Waals surface area contributed by atoms with Crippen LogP contribution in [0.4, 0.5) is 5.13 Å². The highest BCUT2D eigenvalue weighted by Crippen LogP contribution is 2.46. The van der Waals surface area contributed by atoms with E-state index >= 15 is 0 Å². The molecular formula is C31H32N2O8S. The summed E-state index contributed by atoms with van der Waals surface area (Å²) in [6.45, 7) is 8.25. The molecule has 3 heterocycles. The number of methoxy groups -OCH3 is 1. The Morgan fingerprint density at radius 2 is 1.93 bits per heavy atom. The van der Waals surface area contributed by atoms with Gasteiger partial charge in [0.25, 0.3) is 5.78 Å². The Balaban J connectivity index is 1.69. The van der Waals surface area contributed by atoms with Crippen molar-refractivity contribution in [2.75, 3.05) is 25.2 Å². The van der Waals surface area contributed by atoms with Crippen LogP contribution >= 0.6 is 11.3 Å². The lowest BCUT2D eigenvalue weighted by Crippen LogP contribution is -2.29. The molecular weight excluding hydrogens is 560 g/mol. The third-order valence-corrected chi connectivity index (χ3v) is 8.16. The molecule has 1 saturated heterocycles. The number of ketones is 1. The van der Waals surface area contributed by atoms with E-state index in [0.29, 0.717) is 53.7 Å². The number of nitrogens with zero attached hydrogens (tertiary/aromatic N) is 2. The molecule has 0 radical (unpaired) electrons. The second kappa shape index (κ2) is 11.8. The van der Waals surface area contributed by atoms with Gasteiger partial charge in [-0.25, -0.2) is 9.78 Å². The molecule has 0 spiro atoms. The Morgan fingerprint density at radius 3 is 2.64 bits per heavy atom. The fourth-order valence-corrected chi connectivity index (χ4v) is 6.14. The number of hydrogen-bond donors (Lipinski definition) is 1. The minimum atomic E-state index is -1.07. The first-order chi connectivity index (χ1) is 20.2. The summed E-state index contributed by atoms with van der Waals surface area (Å²) < 4.78 is 22.4. The molecule has 1 aromatic heterocycles. The van der Waals surface area contributed by atoms with Crippen LogP contribution in [0.5, 0.6) is 17.2 Å². The van der Waals surface area contributed by atoms with Crippen LogP contribution < -0.4 is 19.1 Å². The zero-order valence-corrected chi connectivity index (χ0v) is 24.9. The number of aromatic nitrogens is 1. The molecule has 2 aliphatic heterocycles. The van der Waals surface area contributed by atoms with Gasteiger partial charge in [-0.1, -0.05) is 24.3 Å². The first kappa shape index (κ1) is 29.1. The van der Waals surface area contributed by atoms with E-state index in [0.717, 1.165) is 23.3 Å². The van der Waals surface area contributed by atoms with Crippen molar-refractivity contribution < 1.29 is 38.4 Å². The molecule has 10 nitrogen and oxygen atoms in total. The number of aliphatic hydroxyl groups is 1. The van der Waals surface area contributed by atoms with E-state index < -0.39 is 23.7 Å². The molecule has 2 aliphatic rings. The number of esters is 1. The second-order valence-corrected chi connectivity index (χ2v) is 11.0. The van der Waals surface area contributed by atoms with Crippen molar-refractivity contribution in [2.24, 2.45) is 0 Å². The van der Waals surface area contributed by atoms with Crippen LogP contribution in [0, 0.1) is 6.92 Å². The molecule has 2 aromatic carbocycles. The van der Waals surface area contributed by atoms with Gasteiger partial charge in [-0.3, -0.25) is 14.5 Å². The maximum atomic E-state index is 13.7. The Hall–Kier alpha value is -4.38. The number of carbonyl (C=O) groups is 3. The summed E-state index contributed by atoms with van der Waals surface area (Å²) in [5, 5.41) is 11.7. The van der Waals surface area contributed by atoms with Crippen LogP contribution in [0.2, 0.25) is 0 Å². The highest BCUT2D eigenvalue weighted by atomic mass is 32.1. The number of amides is 1. The molecule has 3 aromatic rings.